The van der Waals surface area contributed by atoms with Crippen LogP contribution in [0.25, 0.3) is 0 Å². The maximum Gasteiger partial charge on any atom is 0.280 e. The fourth-order valence-electron chi connectivity index (χ4n) is 1.19. The van der Waals surface area contributed by atoms with Gasteiger partial charge >= 0.3 is 0 Å². The molecule has 0 bridgehead atoms. The second-order valence-corrected chi connectivity index (χ2v) is 5.24. The monoisotopic (exact) mass is 387 g/mol. The molecule has 0 N–H and O–H groups in total. The lowest BCUT2D eigenvalue weighted by Crippen LogP contribution is -2.42. The number of piperidine rings is 1. The summed E-state index contributed by atoms with van der Waals surface area (Å²) in [6.07, 6.45) is -1.29. The van der Waals surface area contributed by atoms with Gasteiger partial charge in [0, 0.05) is 29.3 Å². The molecule has 0 amide bonds. The standard InChI is InChI=1S/C5H5F2I2NO/c6-5(7)1-2(8)10(9)4-3(5)11-4/h2-4H,1H2/t2-,3?,4?/m0/s1. The highest BCUT2D eigenvalue weighted by atomic mass is 127. The molecule has 0 radical (unpaired) electrons. The quantitative estimate of drug-likeness (QED) is 0.208. The summed E-state index contributed by atoms with van der Waals surface area (Å²) in [4.78, 5) is 0. The maximum absolute atomic E-state index is 12.9. The average molecular weight is 387 g/mol. The Morgan fingerprint density at radius 1 is 1.55 bits per heavy atom. The molecule has 0 aromatic heterocycles. The Balaban J connectivity index is 2.14. The lowest BCUT2D eigenvalue weighted by atomic mass is 10.1. The van der Waals surface area contributed by atoms with Gasteiger partial charge in [-0.05, 0) is 0 Å². The van der Waals surface area contributed by atoms with E-state index in [1.54, 1.807) is 0 Å². The zero-order chi connectivity index (χ0) is 8.22. The molecule has 0 aromatic rings. The van der Waals surface area contributed by atoms with Gasteiger partial charge in [-0.25, -0.2) is 11.9 Å². The predicted octanol–water partition coefficient (Wildman–Crippen LogP) is 2.16. The van der Waals surface area contributed by atoms with E-state index in [-0.39, 0.29) is 16.7 Å². The number of rotatable bonds is 0. The molecular weight excluding hydrogens is 382 g/mol. The summed E-state index contributed by atoms with van der Waals surface area (Å²) in [5.41, 5.74) is 0. The normalized spacial score (nSPS) is 48.5. The van der Waals surface area contributed by atoms with E-state index in [1.165, 1.54) is 0 Å². The minimum atomic E-state index is -2.61. The van der Waals surface area contributed by atoms with Crippen molar-refractivity contribution in [1.82, 2.24) is 3.11 Å². The Morgan fingerprint density at radius 2 is 2.18 bits per heavy atom. The number of ether oxygens (including phenoxy) is 1. The summed E-state index contributed by atoms with van der Waals surface area (Å²) < 4.78 is 32.3. The minimum absolute atomic E-state index is 0.0995. The van der Waals surface area contributed by atoms with Crippen molar-refractivity contribution >= 4 is 45.5 Å². The molecule has 2 nitrogen and oxygen atoms in total. The zero-order valence-corrected chi connectivity index (χ0v) is 9.62. The van der Waals surface area contributed by atoms with Crippen molar-refractivity contribution in [1.29, 1.82) is 0 Å². The Bertz CT molecular complexity index is 189. The van der Waals surface area contributed by atoms with Gasteiger partial charge in [-0.15, -0.1) is 0 Å². The number of nitrogens with zero attached hydrogens (tertiary/aromatic N) is 1. The van der Waals surface area contributed by atoms with Gasteiger partial charge in [-0.2, -0.15) is 0 Å². The van der Waals surface area contributed by atoms with Gasteiger partial charge in [0.25, 0.3) is 5.92 Å². The molecule has 11 heavy (non-hydrogen) atoms. The Kier molecular flexibility index (Phi) is 2.10. The summed E-state index contributed by atoms with van der Waals surface area (Å²) in [5.74, 6) is -2.61. The molecular formula is C5H5F2I2NO. The zero-order valence-electron chi connectivity index (χ0n) is 5.31. The smallest absolute Gasteiger partial charge is 0.280 e. The van der Waals surface area contributed by atoms with Gasteiger partial charge in [-0.3, -0.25) is 0 Å². The highest BCUT2D eigenvalue weighted by molar-refractivity contribution is 14.1. The van der Waals surface area contributed by atoms with E-state index in [2.05, 4.69) is 0 Å². The van der Waals surface area contributed by atoms with Gasteiger partial charge in [0.1, 0.15) is 0 Å². The third kappa shape index (κ3) is 1.39. The van der Waals surface area contributed by atoms with Crippen LogP contribution in [0.5, 0.6) is 0 Å². The van der Waals surface area contributed by atoms with Crippen molar-refractivity contribution < 1.29 is 13.5 Å². The van der Waals surface area contributed by atoms with Crippen molar-refractivity contribution in [2.75, 3.05) is 0 Å². The Morgan fingerprint density at radius 3 is 2.82 bits per heavy atom. The van der Waals surface area contributed by atoms with Crippen LogP contribution in [-0.4, -0.2) is 25.4 Å². The number of alkyl halides is 3. The SMILES string of the molecule is FC1(F)C[C@@H](I)N(I)C2OC21. The van der Waals surface area contributed by atoms with Crippen molar-refractivity contribution in [2.45, 2.75) is 28.7 Å². The predicted molar refractivity (Wildman–Crippen MR) is 51.9 cm³/mol. The first kappa shape index (κ1) is 8.82. The fourth-order valence-corrected chi connectivity index (χ4v) is 2.71. The average Bonchev–Trinajstić information content (AvgIpc) is 2.60. The van der Waals surface area contributed by atoms with Gasteiger partial charge in [-0.1, -0.05) is 22.6 Å². The highest BCUT2D eigenvalue weighted by Crippen LogP contribution is 2.50. The second kappa shape index (κ2) is 2.61. The van der Waals surface area contributed by atoms with Crippen LogP contribution in [0.1, 0.15) is 6.42 Å². The fraction of sp³-hybridized carbons (Fsp3) is 1.00. The van der Waals surface area contributed by atoms with E-state index >= 15 is 0 Å². The molecule has 6 heteroatoms. The van der Waals surface area contributed by atoms with E-state index in [4.69, 9.17) is 4.74 Å². The maximum atomic E-state index is 12.9. The van der Waals surface area contributed by atoms with E-state index in [9.17, 15) is 8.78 Å². The topological polar surface area (TPSA) is 15.8 Å². The van der Waals surface area contributed by atoms with Crippen LogP contribution >= 0.6 is 45.5 Å². The van der Waals surface area contributed by atoms with Crippen molar-refractivity contribution in [3.8, 4) is 0 Å². The van der Waals surface area contributed by atoms with Crippen LogP contribution < -0.4 is 0 Å². The van der Waals surface area contributed by atoms with Gasteiger partial charge in [0.05, 0.1) is 4.05 Å². The first-order valence-corrected chi connectivity index (χ1v) is 5.35. The van der Waals surface area contributed by atoms with E-state index in [1.807, 2.05) is 48.6 Å². The number of hydrogen-bond acceptors (Lipinski definition) is 2. The number of hydrogen-bond donors (Lipinski definition) is 0. The summed E-state index contributed by atoms with van der Waals surface area (Å²) in [5, 5.41) is 0. The number of epoxide rings is 1. The lowest BCUT2D eigenvalue weighted by Gasteiger charge is -2.27. The second-order valence-electron chi connectivity index (χ2n) is 2.69. The molecule has 2 aliphatic heterocycles. The molecule has 2 unspecified atom stereocenters. The molecule has 64 valence electrons. The Hall–Kier alpha value is 1.24. The van der Waals surface area contributed by atoms with Crippen LogP contribution in [0.3, 0.4) is 0 Å². The summed E-state index contributed by atoms with van der Waals surface area (Å²) in [6.45, 7) is 0. The number of fused-ring (bicyclic) bond motifs is 1. The molecule has 2 saturated heterocycles. The van der Waals surface area contributed by atoms with E-state index in [0.717, 1.165) is 0 Å². The lowest BCUT2D eigenvalue weighted by molar-refractivity contribution is -0.0425. The molecule has 0 saturated carbocycles. The first-order valence-electron chi connectivity index (χ1n) is 3.14. The third-order valence-corrected chi connectivity index (χ3v) is 5.16. The molecule has 3 atom stereocenters. The largest absolute Gasteiger partial charge is 0.346 e. The van der Waals surface area contributed by atoms with Crippen LogP contribution in [0, 0.1) is 0 Å². The van der Waals surface area contributed by atoms with Crippen molar-refractivity contribution in [3.63, 3.8) is 0 Å². The van der Waals surface area contributed by atoms with Crippen LogP contribution in [0.4, 0.5) is 8.78 Å². The minimum Gasteiger partial charge on any atom is -0.346 e. The summed E-state index contributed by atoms with van der Waals surface area (Å²) in [7, 11) is 0. The molecule has 2 aliphatic rings. The molecule has 2 fully saturated rings. The highest BCUT2D eigenvalue weighted by Gasteiger charge is 2.64. The first-order chi connectivity index (χ1) is 5.02. The molecule has 2 heterocycles. The molecule has 0 aliphatic carbocycles. The Labute approximate surface area is 90.3 Å². The molecule has 0 aromatic carbocycles. The van der Waals surface area contributed by atoms with Gasteiger partial charge in [0.15, 0.2) is 12.3 Å². The van der Waals surface area contributed by atoms with Crippen molar-refractivity contribution in [2.24, 2.45) is 0 Å². The molecule has 2 rings (SSSR count). The van der Waals surface area contributed by atoms with Crippen LogP contribution in [0.2, 0.25) is 0 Å². The summed E-state index contributed by atoms with van der Waals surface area (Å²) in [6, 6.07) is 0. The molecule has 0 spiro atoms. The van der Waals surface area contributed by atoms with Gasteiger partial charge < -0.3 is 4.74 Å². The summed E-state index contributed by atoms with van der Waals surface area (Å²) >= 11 is 4.04. The van der Waals surface area contributed by atoms with Gasteiger partial charge in [0.2, 0.25) is 0 Å². The van der Waals surface area contributed by atoms with E-state index < -0.39 is 12.0 Å². The number of halogens is 4. The van der Waals surface area contributed by atoms with Crippen LogP contribution in [-0.2, 0) is 4.74 Å². The van der Waals surface area contributed by atoms with E-state index in [0.29, 0.717) is 0 Å². The third-order valence-electron chi connectivity index (χ3n) is 1.84. The van der Waals surface area contributed by atoms with Crippen molar-refractivity contribution in [3.05, 3.63) is 0 Å². The van der Waals surface area contributed by atoms with Crippen LogP contribution in [0.15, 0.2) is 0 Å².